The van der Waals surface area contributed by atoms with Gasteiger partial charge in [-0.05, 0) is 50.7 Å². The zero-order valence-electron chi connectivity index (χ0n) is 17.1. The fraction of sp³-hybridized carbons (Fsp3) is 0.619. The molecule has 0 bridgehead atoms. The van der Waals surface area contributed by atoms with Crippen LogP contribution >= 0.6 is 0 Å². The van der Waals surface area contributed by atoms with E-state index in [0.717, 1.165) is 12.8 Å². The third-order valence-electron chi connectivity index (χ3n) is 5.11. The second kappa shape index (κ2) is 9.39. The van der Waals surface area contributed by atoms with E-state index >= 15 is 0 Å². The Morgan fingerprint density at radius 3 is 2.82 bits per heavy atom. The average Bonchev–Trinajstić information content (AvgIpc) is 2.57. The lowest BCUT2D eigenvalue weighted by Gasteiger charge is -2.30. The molecule has 0 radical (unpaired) electrons. The van der Waals surface area contributed by atoms with E-state index in [4.69, 9.17) is 9.57 Å². The van der Waals surface area contributed by atoms with Crippen LogP contribution in [0.1, 0.15) is 52.4 Å². The Labute approximate surface area is 166 Å². The van der Waals surface area contributed by atoms with Crippen LogP contribution in [0.4, 0.5) is 0 Å². The van der Waals surface area contributed by atoms with E-state index in [1.807, 2.05) is 12.2 Å². The number of hydrogen-bond acceptors (Lipinski definition) is 6. The van der Waals surface area contributed by atoms with Crippen molar-refractivity contribution in [2.75, 3.05) is 14.2 Å². The number of carbonyl (C=O) groups excluding carboxylic acids is 2. The predicted molar refractivity (Wildman–Crippen MR) is 104 cm³/mol. The summed E-state index contributed by atoms with van der Waals surface area (Å²) >= 11 is 0. The van der Waals surface area contributed by atoms with Crippen LogP contribution in [0.5, 0.6) is 0 Å². The van der Waals surface area contributed by atoms with Crippen molar-refractivity contribution < 1.29 is 29.4 Å². The second-order valence-electron chi connectivity index (χ2n) is 7.87. The molecule has 7 heteroatoms. The lowest BCUT2D eigenvalue weighted by molar-refractivity contribution is -0.169. The van der Waals surface area contributed by atoms with Crippen molar-refractivity contribution in [3.05, 3.63) is 35.1 Å². The highest BCUT2D eigenvalue weighted by Crippen LogP contribution is 2.36. The van der Waals surface area contributed by atoms with Gasteiger partial charge in [0.05, 0.1) is 12.7 Å². The predicted octanol–water partition coefficient (Wildman–Crippen LogP) is 2.97. The van der Waals surface area contributed by atoms with E-state index in [2.05, 4.69) is 0 Å². The van der Waals surface area contributed by atoms with Crippen molar-refractivity contribution in [3.63, 3.8) is 0 Å². The standard InChI is InChI=1S/C21H31NO6/c1-14-8-6-5-7-9-15(11-18(24)22(3)27-4)10-16-12-21(2,26)13-17(23)19(16)20(25)28-14/h5-6,12,14-15,23,26H,7-11,13H2,1-4H3/b6-5+/t14-,15?,21+/m0/s1. The van der Waals surface area contributed by atoms with Gasteiger partial charge in [0.1, 0.15) is 17.4 Å². The molecule has 1 heterocycles. The van der Waals surface area contributed by atoms with Crippen molar-refractivity contribution in [1.82, 2.24) is 5.06 Å². The van der Waals surface area contributed by atoms with Crippen LogP contribution in [-0.4, -0.2) is 53.0 Å². The Balaban J connectivity index is 2.36. The maximum atomic E-state index is 12.7. The molecule has 2 N–H and O–H groups in total. The maximum absolute atomic E-state index is 12.7. The highest BCUT2D eigenvalue weighted by atomic mass is 16.7. The molecule has 3 atom stereocenters. The first kappa shape index (κ1) is 22.2. The monoisotopic (exact) mass is 393 g/mol. The van der Waals surface area contributed by atoms with Gasteiger partial charge < -0.3 is 14.9 Å². The summed E-state index contributed by atoms with van der Waals surface area (Å²) in [6.45, 7) is 3.38. The quantitative estimate of drug-likeness (QED) is 0.435. The van der Waals surface area contributed by atoms with Crippen LogP contribution < -0.4 is 0 Å². The molecular formula is C21H31NO6. The second-order valence-corrected chi connectivity index (χ2v) is 7.87. The third-order valence-corrected chi connectivity index (χ3v) is 5.11. The summed E-state index contributed by atoms with van der Waals surface area (Å²) in [7, 11) is 2.98. The van der Waals surface area contributed by atoms with Crippen molar-refractivity contribution in [2.45, 2.75) is 64.1 Å². The number of fused-ring (bicyclic) bond motifs is 1. The molecule has 0 aromatic rings. The molecule has 0 aromatic heterocycles. The van der Waals surface area contributed by atoms with Gasteiger partial charge in [-0.25, -0.2) is 9.86 Å². The normalized spacial score (nSPS) is 30.3. The molecule has 1 aliphatic carbocycles. The van der Waals surface area contributed by atoms with Crippen LogP contribution in [0.3, 0.4) is 0 Å². The first-order chi connectivity index (χ1) is 13.1. The Morgan fingerprint density at radius 2 is 2.14 bits per heavy atom. The number of ether oxygens (including phenoxy) is 1. The fourth-order valence-electron chi connectivity index (χ4n) is 3.61. The summed E-state index contributed by atoms with van der Waals surface area (Å²) in [5.74, 6) is -1.02. The molecule has 7 nitrogen and oxygen atoms in total. The van der Waals surface area contributed by atoms with Gasteiger partial charge >= 0.3 is 5.97 Å². The number of hydroxylamine groups is 2. The number of esters is 1. The molecule has 0 saturated carbocycles. The zero-order valence-corrected chi connectivity index (χ0v) is 17.1. The molecule has 1 unspecified atom stereocenters. The largest absolute Gasteiger partial charge is 0.511 e. The van der Waals surface area contributed by atoms with Gasteiger partial charge in [0.15, 0.2) is 0 Å². The van der Waals surface area contributed by atoms with Gasteiger partial charge in [-0.2, -0.15) is 0 Å². The Hall–Kier alpha value is -2.12. The van der Waals surface area contributed by atoms with Crippen molar-refractivity contribution in [1.29, 1.82) is 0 Å². The number of nitrogens with zero attached hydrogens (tertiary/aromatic N) is 1. The molecule has 1 amide bonds. The van der Waals surface area contributed by atoms with E-state index in [1.54, 1.807) is 27.0 Å². The van der Waals surface area contributed by atoms with Gasteiger partial charge in [-0.1, -0.05) is 12.2 Å². The van der Waals surface area contributed by atoms with E-state index in [9.17, 15) is 19.8 Å². The molecule has 0 fully saturated rings. The number of rotatable bonds is 3. The van der Waals surface area contributed by atoms with Crippen LogP contribution in [0.25, 0.3) is 0 Å². The molecular weight excluding hydrogens is 362 g/mol. The smallest absolute Gasteiger partial charge is 0.342 e. The van der Waals surface area contributed by atoms with E-state index in [0.29, 0.717) is 18.4 Å². The molecule has 156 valence electrons. The van der Waals surface area contributed by atoms with Gasteiger partial charge in [0.25, 0.3) is 0 Å². The average molecular weight is 393 g/mol. The number of aliphatic hydroxyl groups is 2. The number of hydrogen-bond donors (Lipinski definition) is 2. The summed E-state index contributed by atoms with van der Waals surface area (Å²) in [5, 5.41) is 22.1. The maximum Gasteiger partial charge on any atom is 0.342 e. The van der Waals surface area contributed by atoms with Crippen molar-refractivity contribution in [2.24, 2.45) is 5.92 Å². The number of amides is 1. The number of cyclic esters (lactones) is 1. The SMILES string of the molecule is CON(C)C(=O)CC1CC/C=C/C[C@H](C)OC(=O)C2=C(O)C[C@](C)(O)C=C2C1. The number of allylic oxidation sites excluding steroid dienone is 1. The molecule has 0 saturated heterocycles. The van der Waals surface area contributed by atoms with Crippen LogP contribution in [0, 0.1) is 5.92 Å². The van der Waals surface area contributed by atoms with E-state index in [1.165, 1.54) is 12.2 Å². The van der Waals surface area contributed by atoms with Crippen LogP contribution in [0.2, 0.25) is 0 Å². The zero-order chi connectivity index (χ0) is 20.9. The molecule has 0 aromatic carbocycles. The topological polar surface area (TPSA) is 96.3 Å². The molecule has 1 aliphatic heterocycles. The Bertz CT molecular complexity index is 691. The van der Waals surface area contributed by atoms with Crippen molar-refractivity contribution in [3.8, 4) is 0 Å². The minimum absolute atomic E-state index is 0.0504. The molecule has 2 aliphatic rings. The minimum Gasteiger partial charge on any atom is -0.511 e. The fourth-order valence-corrected chi connectivity index (χ4v) is 3.61. The lowest BCUT2D eigenvalue weighted by Crippen LogP contribution is -2.31. The number of carbonyl (C=O) groups is 2. The van der Waals surface area contributed by atoms with E-state index in [-0.39, 0.29) is 42.1 Å². The molecule has 28 heavy (non-hydrogen) atoms. The lowest BCUT2D eigenvalue weighted by atomic mass is 9.81. The van der Waals surface area contributed by atoms with Crippen LogP contribution in [-0.2, 0) is 19.2 Å². The van der Waals surface area contributed by atoms with Crippen LogP contribution in [0.15, 0.2) is 35.1 Å². The summed E-state index contributed by atoms with van der Waals surface area (Å²) in [4.78, 5) is 30.0. The highest BCUT2D eigenvalue weighted by Gasteiger charge is 2.35. The third kappa shape index (κ3) is 5.94. The number of aliphatic hydroxyl groups excluding tert-OH is 1. The molecule has 0 spiro atoms. The summed E-state index contributed by atoms with van der Waals surface area (Å²) in [5.41, 5.74) is -0.627. The Morgan fingerprint density at radius 1 is 1.43 bits per heavy atom. The van der Waals surface area contributed by atoms with Gasteiger partial charge in [-0.3, -0.25) is 9.63 Å². The summed E-state index contributed by atoms with van der Waals surface area (Å²) < 4.78 is 5.48. The summed E-state index contributed by atoms with van der Waals surface area (Å²) in [6.07, 6.45) is 7.93. The minimum atomic E-state index is -1.26. The van der Waals surface area contributed by atoms with E-state index < -0.39 is 11.6 Å². The van der Waals surface area contributed by atoms with Gasteiger partial charge in [0.2, 0.25) is 5.91 Å². The highest BCUT2D eigenvalue weighted by molar-refractivity contribution is 5.94. The van der Waals surface area contributed by atoms with Crippen molar-refractivity contribution >= 4 is 11.9 Å². The summed E-state index contributed by atoms with van der Waals surface area (Å²) in [6, 6.07) is 0. The Kier molecular flexibility index (Phi) is 7.43. The van der Waals surface area contributed by atoms with Gasteiger partial charge in [0, 0.05) is 26.3 Å². The first-order valence-corrected chi connectivity index (χ1v) is 9.66. The first-order valence-electron chi connectivity index (χ1n) is 9.66. The van der Waals surface area contributed by atoms with Gasteiger partial charge in [-0.15, -0.1) is 0 Å². The molecule has 2 rings (SSSR count).